The highest BCUT2D eigenvalue weighted by Gasteiger charge is 2.14. The van der Waals surface area contributed by atoms with E-state index in [0.29, 0.717) is 23.4 Å². The summed E-state index contributed by atoms with van der Waals surface area (Å²) in [4.78, 5) is 26.9. The number of halogens is 1. The van der Waals surface area contributed by atoms with Crippen molar-refractivity contribution in [2.75, 3.05) is 12.4 Å². The lowest BCUT2D eigenvalue weighted by atomic mass is 10.1. The van der Waals surface area contributed by atoms with E-state index in [-0.39, 0.29) is 11.8 Å². The Hall–Kier alpha value is -2.67. The predicted molar refractivity (Wildman–Crippen MR) is 116 cm³/mol. The topological polar surface area (TPSA) is 49.4 Å². The molecule has 0 aliphatic carbocycles. The highest BCUT2D eigenvalue weighted by molar-refractivity contribution is 14.1. The first-order valence-electron chi connectivity index (χ1n) is 8.50. The van der Waals surface area contributed by atoms with Crippen LogP contribution in [-0.4, -0.2) is 23.8 Å². The van der Waals surface area contributed by atoms with E-state index in [1.54, 1.807) is 42.3 Å². The van der Waals surface area contributed by atoms with Crippen molar-refractivity contribution in [3.8, 4) is 0 Å². The number of carbonyl (C=O) groups is 2. The number of hydrogen-bond acceptors (Lipinski definition) is 2. The second-order valence-corrected chi connectivity index (χ2v) is 7.32. The van der Waals surface area contributed by atoms with Gasteiger partial charge < -0.3 is 10.2 Å². The number of nitrogens with zero attached hydrogens (tertiary/aromatic N) is 1. The molecule has 3 rings (SSSR count). The third kappa shape index (κ3) is 4.95. The molecular formula is C22H19IN2O2. The molecule has 27 heavy (non-hydrogen) atoms. The molecular weight excluding hydrogens is 451 g/mol. The van der Waals surface area contributed by atoms with Gasteiger partial charge in [0.05, 0.1) is 5.56 Å². The second-order valence-electron chi connectivity index (χ2n) is 6.16. The molecule has 0 aliphatic heterocycles. The maximum absolute atomic E-state index is 12.7. The first kappa shape index (κ1) is 19.1. The molecule has 3 aromatic rings. The summed E-state index contributed by atoms with van der Waals surface area (Å²) in [5.41, 5.74) is 2.81. The van der Waals surface area contributed by atoms with Crippen LogP contribution < -0.4 is 5.32 Å². The molecule has 0 atom stereocenters. The summed E-state index contributed by atoms with van der Waals surface area (Å²) in [6.07, 6.45) is 0. The van der Waals surface area contributed by atoms with Crippen LogP contribution in [0.3, 0.4) is 0 Å². The van der Waals surface area contributed by atoms with Crippen molar-refractivity contribution in [3.05, 3.63) is 99.1 Å². The number of nitrogens with one attached hydrogen (secondary N) is 1. The number of anilines is 1. The van der Waals surface area contributed by atoms with Gasteiger partial charge in [-0.3, -0.25) is 9.59 Å². The Morgan fingerprint density at radius 1 is 0.926 bits per heavy atom. The Labute approximate surface area is 172 Å². The summed E-state index contributed by atoms with van der Waals surface area (Å²) in [5.74, 6) is -0.286. The van der Waals surface area contributed by atoms with E-state index in [2.05, 4.69) is 27.9 Å². The lowest BCUT2D eigenvalue weighted by Crippen LogP contribution is -2.26. The quantitative estimate of drug-likeness (QED) is 0.544. The molecule has 4 nitrogen and oxygen atoms in total. The largest absolute Gasteiger partial charge is 0.337 e. The van der Waals surface area contributed by atoms with E-state index in [0.717, 1.165) is 9.13 Å². The number of hydrogen-bond donors (Lipinski definition) is 1. The van der Waals surface area contributed by atoms with Crippen molar-refractivity contribution in [1.82, 2.24) is 4.90 Å². The molecule has 0 spiro atoms. The highest BCUT2D eigenvalue weighted by Crippen LogP contribution is 2.17. The Morgan fingerprint density at radius 2 is 1.63 bits per heavy atom. The van der Waals surface area contributed by atoms with Gasteiger partial charge in [0.25, 0.3) is 11.8 Å². The molecule has 0 radical (unpaired) electrons. The van der Waals surface area contributed by atoms with Crippen molar-refractivity contribution in [1.29, 1.82) is 0 Å². The summed E-state index contributed by atoms with van der Waals surface area (Å²) in [6.45, 7) is 0.526. The van der Waals surface area contributed by atoms with Crippen molar-refractivity contribution in [3.63, 3.8) is 0 Å². The smallest absolute Gasteiger partial charge is 0.256 e. The average molecular weight is 470 g/mol. The van der Waals surface area contributed by atoms with Crippen molar-refractivity contribution >= 4 is 40.1 Å². The number of amides is 2. The Kier molecular flexibility index (Phi) is 6.24. The molecule has 0 fully saturated rings. The van der Waals surface area contributed by atoms with Gasteiger partial charge in [0, 0.05) is 28.4 Å². The lowest BCUT2D eigenvalue weighted by Gasteiger charge is -2.18. The normalized spacial score (nSPS) is 10.3. The summed E-state index contributed by atoms with van der Waals surface area (Å²) in [7, 11) is 1.77. The molecule has 3 aromatic carbocycles. The van der Waals surface area contributed by atoms with Crippen LogP contribution in [0.5, 0.6) is 0 Å². The Bertz CT molecular complexity index is 957. The first-order valence-corrected chi connectivity index (χ1v) is 9.58. The van der Waals surface area contributed by atoms with Crippen LogP contribution in [0, 0.1) is 3.57 Å². The molecule has 0 saturated heterocycles. The minimum atomic E-state index is -0.192. The highest BCUT2D eigenvalue weighted by atomic mass is 127. The lowest BCUT2D eigenvalue weighted by molar-refractivity contribution is 0.0784. The molecule has 0 bridgehead atoms. The summed E-state index contributed by atoms with van der Waals surface area (Å²) < 4.78 is 0.877. The van der Waals surface area contributed by atoms with Crippen LogP contribution in [0.25, 0.3) is 0 Å². The second kappa shape index (κ2) is 8.81. The number of carbonyl (C=O) groups excluding carboxylic acids is 2. The first-order chi connectivity index (χ1) is 13.0. The average Bonchev–Trinajstić information content (AvgIpc) is 2.68. The van der Waals surface area contributed by atoms with Crippen molar-refractivity contribution in [2.24, 2.45) is 0 Å². The van der Waals surface area contributed by atoms with Gasteiger partial charge in [-0.15, -0.1) is 0 Å². The van der Waals surface area contributed by atoms with Gasteiger partial charge in [0.15, 0.2) is 0 Å². The van der Waals surface area contributed by atoms with Gasteiger partial charge in [-0.1, -0.05) is 48.5 Å². The van der Waals surface area contributed by atoms with Crippen LogP contribution in [0.15, 0.2) is 78.9 Å². The van der Waals surface area contributed by atoms with Gasteiger partial charge in [-0.2, -0.15) is 0 Å². The summed E-state index contributed by atoms with van der Waals surface area (Å²) >= 11 is 2.13. The zero-order valence-electron chi connectivity index (χ0n) is 14.9. The molecule has 136 valence electrons. The molecule has 0 aromatic heterocycles. The molecule has 0 aliphatic rings. The van der Waals surface area contributed by atoms with Crippen LogP contribution in [0.1, 0.15) is 26.3 Å². The molecule has 1 N–H and O–H groups in total. The zero-order chi connectivity index (χ0) is 19.2. The minimum absolute atomic E-state index is 0.0933. The molecule has 0 unspecified atom stereocenters. The molecule has 0 saturated carbocycles. The summed E-state index contributed by atoms with van der Waals surface area (Å²) in [5, 5.41) is 2.87. The third-order valence-electron chi connectivity index (χ3n) is 4.10. The monoisotopic (exact) mass is 470 g/mol. The van der Waals surface area contributed by atoms with E-state index in [1.165, 1.54) is 0 Å². The van der Waals surface area contributed by atoms with E-state index in [4.69, 9.17) is 0 Å². The third-order valence-corrected chi connectivity index (χ3v) is 5.04. The van der Waals surface area contributed by atoms with E-state index in [9.17, 15) is 9.59 Å². The van der Waals surface area contributed by atoms with Crippen LogP contribution in [0.2, 0.25) is 0 Å². The van der Waals surface area contributed by atoms with Gasteiger partial charge in [-0.25, -0.2) is 0 Å². The van der Waals surface area contributed by atoms with Gasteiger partial charge >= 0.3 is 0 Å². The van der Waals surface area contributed by atoms with Crippen molar-refractivity contribution < 1.29 is 9.59 Å². The fraction of sp³-hybridized carbons (Fsp3) is 0.0909. The van der Waals surface area contributed by atoms with Crippen LogP contribution in [-0.2, 0) is 6.54 Å². The van der Waals surface area contributed by atoms with E-state index in [1.807, 2.05) is 48.5 Å². The number of rotatable bonds is 5. The maximum atomic E-state index is 12.7. The maximum Gasteiger partial charge on any atom is 0.256 e. The van der Waals surface area contributed by atoms with Crippen molar-refractivity contribution in [2.45, 2.75) is 6.54 Å². The Morgan fingerprint density at radius 3 is 2.37 bits per heavy atom. The predicted octanol–water partition coefficient (Wildman–Crippen LogP) is 4.82. The standard InChI is InChI=1S/C22H19IN2O2/c1-25(15-16-8-3-2-4-9-16)22(27)17-10-7-11-18(14-17)24-21(26)19-12-5-6-13-20(19)23/h2-14H,15H2,1H3,(H,24,26). The molecule has 0 heterocycles. The molecule has 5 heteroatoms. The van der Waals surface area contributed by atoms with Gasteiger partial charge in [-0.05, 0) is 58.5 Å². The molecule has 2 amide bonds. The summed E-state index contributed by atoms with van der Waals surface area (Å²) in [6, 6.07) is 24.2. The van der Waals surface area contributed by atoms with E-state index < -0.39 is 0 Å². The van der Waals surface area contributed by atoms with Gasteiger partial charge in [0.1, 0.15) is 0 Å². The Balaban J connectivity index is 1.72. The van der Waals surface area contributed by atoms with Gasteiger partial charge in [0.2, 0.25) is 0 Å². The minimum Gasteiger partial charge on any atom is -0.337 e. The van der Waals surface area contributed by atoms with E-state index >= 15 is 0 Å². The number of benzene rings is 3. The zero-order valence-corrected chi connectivity index (χ0v) is 17.0. The van der Waals surface area contributed by atoms with Crippen LogP contribution in [0.4, 0.5) is 5.69 Å². The van der Waals surface area contributed by atoms with Crippen LogP contribution >= 0.6 is 22.6 Å². The SMILES string of the molecule is CN(Cc1ccccc1)C(=O)c1cccc(NC(=O)c2ccccc2I)c1. The fourth-order valence-electron chi connectivity index (χ4n) is 2.72. The fourth-order valence-corrected chi connectivity index (χ4v) is 3.36.